The SMILES string of the molecule is CCn1nc(CC(C)C)cc1C(=O)N1CC(N2CCCC[C@H]2C)C1. The molecule has 5 nitrogen and oxygen atoms in total. The highest BCUT2D eigenvalue weighted by Crippen LogP contribution is 2.25. The zero-order valence-corrected chi connectivity index (χ0v) is 15.7. The van der Waals surface area contributed by atoms with E-state index in [-0.39, 0.29) is 5.91 Å². The van der Waals surface area contributed by atoms with Gasteiger partial charge >= 0.3 is 0 Å². The molecule has 2 aliphatic rings. The second-order valence-corrected chi connectivity index (χ2v) is 7.88. The predicted octanol–water partition coefficient (Wildman–Crippen LogP) is 2.80. The van der Waals surface area contributed by atoms with E-state index in [1.165, 1.54) is 25.8 Å². The van der Waals surface area contributed by atoms with Crippen molar-refractivity contribution in [1.82, 2.24) is 19.6 Å². The van der Waals surface area contributed by atoms with Crippen molar-refractivity contribution in [2.45, 2.75) is 72.0 Å². The topological polar surface area (TPSA) is 41.4 Å². The van der Waals surface area contributed by atoms with Crippen LogP contribution in [-0.2, 0) is 13.0 Å². The van der Waals surface area contributed by atoms with E-state index in [1.807, 2.05) is 15.6 Å². The molecule has 5 heteroatoms. The minimum Gasteiger partial charge on any atom is -0.334 e. The molecule has 2 aliphatic heterocycles. The van der Waals surface area contributed by atoms with Gasteiger partial charge in [-0.2, -0.15) is 5.10 Å². The zero-order valence-electron chi connectivity index (χ0n) is 15.7. The molecule has 1 amide bonds. The van der Waals surface area contributed by atoms with Crippen molar-refractivity contribution in [2.75, 3.05) is 19.6 Å². The van der Waals surface area contributed by atoms with Gasteiger partial charge in [-0.3, -0.25) is 14.4 Å². The fraction of sp³-hybridized carbons (Fsp3) is 0.789. The Morgan fingerprint density at radius 1 is 1.33 bits per heavy atom. The van der Waals surface area contributed by atoms with Crippen LogP contribution in [0.4, 0.5) is 0 Å². The van der Waals surface area contributed by atoms with Crippen molar-refractivity contribution >= 4 is 5.91 Å². The molecule has 1 atom stereocenters. The maximum Gasteiger partial charge on any atom is 0.272 e. The van der Waals surface area contributed by atoms with Crippen LogP contribution >= 0.6 is 0 Å². The molecule has 0 unspecified atom stereocenters. The number of rotatable bonds is 5. The first kappa shape index (κ1) is 17.5. The van der Waals surface area contributed by atoms with Crippen LogP contribution in [-0.4, -0.2) is 57.2 Å². The molecule has 0 radical (unpaired) electrons. The second-order valence-electron chi connectivity index (χ2n) is 7.88. The summed E-state index contributed by atoms with van der Waals surface area (Å²) in [5.41, 5.74) is 1.80. The van der Waals surface area contributed by atoms with Gasteiger partial charge in [0.2, 0.25) is 0 Å². The second kappa shape index (κ2) is 7.26. The van der Waals surface area contributed by atoms with E-state index < -0.39 is 0 Å². The maximum absolute atomic E-state index is 12.9. The van der Waals surface area contributed by atoms with Crippen LogP contribution in [0.25, 0.3) is 0 Å². The van der Waals surface area contributed by atoms with Gasteiger partial charge < -0.3 is 4.90 Å². The molecule has 3 heterocycles. The normalized spacial score (nSPS) is 22.9. The first-order valence-corrected chi connectivity index (χ1v) is 9.61. The maximum atomic E-state index is 12.9. The van der Waals surface area contributed by atoms with Gasteiger partial charge in [-0.05, 0) is 51.6 Å². The van der Waals surface area contributed by atoms with E-state index in [0.29, 0.717) is 18.0 Å². The van der Waals surface area contributed by atoms with E-state index in [9.17, 15) is 4.79 Å². The first-order valence-electron chi connectivity index (χ1n) is 9.61. The number of aromatic nitrogens is 2. The van der Waals surface area contributed by atoms with Crippen molar-refractivity contribution in [3.8, 4) is 0 Å². The van der Waals surface area contributed by atoms with Crippen LogP contribution in [0.15, 0.2) is 6.07 Å². The van der Waals surface area contributed by atoms with Crippen molar-refractivity contribution in [2.24, 2.45) is 5.92 Å². The van der Waals surface area contributed by atoms with Crippen LogP contribution in [0.1, 0.15) is 63.1 Å². The Bertz CT molecular complexity index is 574. The summed E-state index contributed by atoms with van der Waals surface area (Å²) in [6.45, 7) is 12.4. The number of piperidine rings is 1. The highest BCUT2D eigenvalue weighted by Gasteiger charge is 2.38. The summed E-state index contributed by atoms with van der Waals surface area (Å²) in [5, 5.41) is 4.61. The molecule has 0 aliphatic carbocycles. The Morgan fingerprint density at radius 2 is 2.08 bits per heavy atom. The number of carbonyl (C=O) groups excluding carboxylic acids is 1. The smallest absolute Gasteiger partial charge is 0.272 e. The average Bonchev–Trinajstić information content (AvgIpc) is 2.89. The fourth-order valence-electron chi connectivity index (χ4n) is 4.06. The Balaban J connectivity index is 1.62. The van der Waals surface area contributed by atoms with Gasteiger partial charge in [-0.1, -0.05) is 20.3 Å². The third-order valence-electron chi connectivity index (χ3n) is 5.44. The molecule has 0 saturated carbocycles. The Kier molecular flexibility index (Phi) is 5.28. The molecule has 2 fully saturated rings. The van der Waals surface area contributed by atoms with Gasteiger partial charge in [0.25, 0.3) is 5.91 Å². The molecule has 0 spiro atoms. The summed E-state index contributed by atoms with van der Waals surface area (Å²) >= 11 is 0. The standard InChI is InChI=1S/C19H32N4O/c1-5-23-18(11-16(20-23)10-14(2)3)19(24)21-12-17(13-21)22-9-7-6-8-15(22)4/h11,14-15,17H,5-10,12-13H2,1-4H3/t15-/m1/s1. The monoisotopic (exact) mass is 332 g/mol. The molecule has 3 rings (SSSR count). The molecule has 2 saturated heterocycles. The molecule has 0 N–H and O–H groups in total. The van der Waals surface area contributed by atoms with E-state index in [4.69, 9.17) is 0 Å². The van der Waals surface area contributed by atoms with E-state index >= 15 is 0 Å². The molecule has 0 bridgehead atoms. The van der Waals surface area contributed by atoms with Crippen LogP contribution in [0, 0.1) is 5.92 Å². The molecular weight excluding hydrogens is 300 g/mol. The zero-order chi connectivity index (χ0) is 17.3. The van der Waals surface area contributed by atoms with Gasteiger partial charge in [-0.25, -0.2) is 0 Å². The van der Waals surface area contributed by atoms with E-state index in [1.54, 1.807) is 0 Å². The lowest BCUT2D eigenvalue weighted by molar-refractivity contribution is 0.00149. The Labute approximate surface area is 146 Å². The fourth-order valence-corrected chi connectivity index (χ4v) is 4.06. The number of likely N-dealkylation sites (tertiary alicyclic amines) is 2. The summed E-state index contributed by atoms with van der Waals surface area (Å²) in [5.74, 6) is 0.711. The highest BCUT2D eigenvalue weighted by molar-refractivity contribution is 5.93. The number of aryl methyl sites for hydroxylation is 1. The lowest BCUT2D eigenvalue weighted by atomic mass is 9.97. The number of amides is 1. The van der Waals surface area contributed by atoms with Crippen LogP contribution in [0.5, 0.6) is 0 Å². The van der Waals surface area contributed by atoms with Crippen molar-refractivity contribution < 1.29 is 4.79 Å². The number of hydrogen-bond acceptors (Lipinski definition) is 3. The average molecular weight is 332 g/mol. The Hall–Kier alpha value is -1.36. The van der Waals surface area contributed by atoms with Crippen LogP contribution < -0.4 is 0 Å². The summed E-state index contributed by atoms with van der Waals surface area (Å²) in [6, 6.07) is 3.22. The minimum absolute atomic E-state index is 0.153. The van der Waals surface area contributed by atoms with Crippen LogP contribution in [0.3, 0.4) is 0 Å². The summed E-state index contributed by atoms with van der Waals surface area (Å²) in [4.78, 5) is 17.5. The molecule has 0 aromatic carbocycles. The van der Waals surface area contributed by atoms with E-state index in [2.05, 4.69) is 37.7 Å². The lowest BCUT2D eigenvalue weighted by Crippen LogP contribution is -2.63. The first-order chi connectivity index (χ1) is 11.5. The van der Waals surface area contributed by atoms with Crippen LogP contribution in [0.2, 0.25) is 0 Å². The predicted molar refractivity (Wildman–Crippen MR) is 96.2 cm³/mol. The number of nitrogens with zero attached hydrogens (tertiary/aromatic N) is 4. The van der Waals surface area contributed by atoms with Gasteiger partial charge in [0.05, 0.1) is 5.69 Å². The third kappa shape index (κ3) is 3.51. The highest BCUT2D eigenvalue weighted by atomic mass is 16.2. The van der Waals surface area contributed by atoms with Crippen molar-refractivity contribution in [3.63, 3.8) is 0 Å². The summed E-state index contributed by atoms with van der Waals surface area (Å²) in [7, 11) is 0. The van der Waals surface area contributed by atoms with Crippen molar-refractivity contribution in [3.05, 3.63) is 17.5 Å². The lowest BCUT2D eigenvalue weighted by Gasteiger charge is -2.49. The van der Waals surface area contributed by atoms with Gasteiger partial charge in [0.1, 0.15) is 5.69 Å². The molecule has 1 aromatic heterocycles. The molecule has 24 heavy (non-hydrogen) atoms. The number of carbonyl (C=O) groups is 1. The minimum atomic E-state index is 0.153. The molecular formula is C19H32N4O. The quantitative estimate of drug-likeness (QED) is 0.832. The third-order valence-corrected chi connectivity index (χ3v) is 5.44. The van der Waals surface area contributed by atoms with Crippen molar-refractivity contribution in [1.29, 1.82) is 0 Å². The van der Waals surface area contributed by atoms with Gasteiger partial charge in [-0.15, -0.1) is 0 Å². The number of hydrogen-bond donors (Lipinski definition) is 0. The summed E-state index contributed by atoms with van der Waals surface area (Å²) < 4.78 is 1.87. The summed E-state index contributed by atoms with van der Waals surface area (Å²) in [6.07, 6.45) is 4.88. The largest absolute Gasteiger partial charge is 0.334 e. The van der Waals surface area contributed by atoms with E-state index in [0.717, 1.165) is 37.4 Å². The van der Waals surface area contributed by atoms with Gasteiger partial charge in [0, 0.05) is 31.7 Å². The Morgan fingerprint density at radius 3 is 2.71 bits per heavy atom. The molecule has 1 aromatic rings. The van der Waals surface area contributed by atoms with Gasteiger partial charge in [0.15, 0.2) is 0 Å². The molecule has 134 valence electrons.